The minimum Gasteiger partial charge on any atom is -0.468 e. The zero-order valence-electron chi connectivity index (χ0n) is 18.1. The fraction of sp³-hybridized carbons (Fsp3) is 0.250. The number of anilines is 1. The molecule has 2 aromatic rings. The molecule has 2 N–H and O–H groups in total. The number of carbonyl (C=O) groups excluding carboxylic acids is 3. The van der Waals surface area contributed by atoms with E-state index < -0.39 is 23.7 Å². The first-order chi connectivity index (χ1) is 15.9. The fourth-order valence-electron chi connectivity index (χ4n) is 3.54. The molecule has 0 bridgehead atoms. The van der Waals surface area contributed by atoms with E-state index in [1.807, 2.05) is 30.3 Å². The molecule has 0 saturated carbocycles. The highest BCUT2D eigenvalue weighted by atomic mass is 79.9. The Hall–Kier alpha value is -3.09. The van der Waals surface area contributed by atoms with Crippen molar-refractivity contribution in [2.45, 2.75) is 19.3 Å². The number of esters is 1. The largest absolute Gasteiger partial charge is 0.468 e. The lowest BCUT2D eigenvalue weighted by Gasteiger charge is -2.31. The standard InChI is InChI=1S/C24H22BrN3O4S/c1-3-14-7-9-17(10-8-14)27-19(29)13-33-23-18(12-26)20(15-5-4-6-16(25)11-15)21(22(30)28-23)24(31)32-2/h4-11,20-21H,3,13H2,1-2H3,(H,27,29)(H,28,30)/t20-,21+/m0/s1. The highest BCUT2D eigenvalue weighted by molar-refractivity contribution is 9.10. The summed E-state index contributed by atoms with van der Waals surface area (Å²) in [6.07, 6.45) is 0.903. The van der Waals surface area contributed by atoms with Gasteiger partial charge in [-0.25, -0.2) is 0 Å². The lowest BCUT2D eigenvalue weighted by Crippen LogP contribution is -2.44. The molecule has 0 fully saturated rings. The molecule has 33 heavy (non-hydrogen) atoms. The van der Waals surface area contributed by atoms with Crippen LogP contribution in [0.15, 0.2) is 63.6 Å². The first-order valence-electron chi connectivity index (χ1n) is 10.2. The van der Waals surface area contributed by atoms with Crippen molar-refractivity contribution in [2.75, 3.05) is 18.2 Å². The summed E-state index contributed by atoms with van der Waals surface area (Å²) in [5, 5.41) is 15.6. The summed E-state index contributed by atoms with van der Waals surface area (Å²) in [7, 11) is 1.20. The predicted molar refractivity (Wildman–Crippen MR) is 130 cm³/mol. The van der Waals surface area contributed by atoms with Crippen LogP contribution in [0.1, 0.15) is 24.0 Å². The molecule has 9 heteroatoms. The van der Waals surface area contributed by atoms with Gasteiger partial charge in [-0.15, -0.1) is 0 Å². The SMILES string of the molecule is CCc1ccc(NC(=O)CSC2=C(C#N)[C@H](c3cccc(Br)c3)[C@@H](C(=O)OC)C(=O)N2)cc1. The van der Waals surface area contributed by atoms with Crippen LogP contribution in [0.5, 0.6) is 0 Å². The van der Waals surface area contributed by atoms with Gasteiger partial charge in [0, 0.05) is 16.1 Å². The van der Waals surface area contributed by atoms with Crippen LogP contribution < -0.4 is 10.6 Å². The van der Waals surface area contributed by atoms with Gasteiger partial charge >= 0.3 is 5.97 Å². The molecular formula is C24H22BrN3O4S. The summed E-state index contributed by atoms with van der Waals surface area (Å²) >= 11 is 4.43. The van der Waals surface area contributed by atoms with Crippen LogP contribution in [-0.4, -0.2) is 30.6 Å². The lowest BCUT2D eigenvalue weighted by atomic mass is 9.78. The molecule has 1 aliphatic heterocycles. The highest BCUT2D eigenvalue weighted by Gasteiger charge is 2.44. The van der Waals surface area contributed by atoms with Gasteiger partial charge in [-0.2, -0.15) is 5.26 Å². The average Bonchev–Trinajstić information content (AvgIpc) is 2.82. The van der Waals surface area contributed by atoms with Crippen LogP contribution in [0.2, 0.25) is 0 Å². The first-order valence-corrected chi connectivity index (χ1v) is 12.0. The molecule has 2 atom stereocenters. The van der Waals surface area contributed by atoms with E-state index in [1.54, 1.807) is 18.2 Å². The van der Waals surface area contributed by atoms with Gasteiger partial charge in [-0.3, -0.25) is 14.4 Å². The minimum atomic E-state index is -1.21. The van der Waals surface area contributed by atoms with E-state index in [1.165, 1.54) is 7.11 Å². The van der Waals surface area contributed by atoms with Gasteiger partial charge in [0.1, 0.15) is 5.92 Å². The number of benzene rings is 2. The topological polar surface area (TPSA) is 108 Å². The van der Waals surface area contributed by atoms with E-state index in [0.717, 1.165) is 28.2 Å². The molecule has 1 aliphatic rings. The Kier molecular flexibility index (Phi) is 8.31. The van der Waals surface area contributed by atoms with Crippen molar-refractivity contribution in [3.63, 3.8) is 0 Å². The smallest absolute Gasteiger partial charge is 0.319 e. The third kappa shape index (κ3) is 5.83. The monoisotopic (exact) mass is 527 g/mol. The number of ether oxygens (including phenoxy) is 1. The minimum absolute atomic E-state index is 0.0234. The Balaban J connectivity index is 1.86. The number of hydrogen-bond donors (Lipinski definition) is 2. The molecule has 170 valence electrons. The maximum Gasteiger partial charge on any atom is 0.319 e. The number of hydrogen-bond acceptors (Lipinski definition) is 6. The van der Waals surface area contributed by atoms with Crippen molar-refractivity contribution >= 4 is 51.2 Å². The van der Waals surface area contributed by atoms with Crippen molar-refractivity contribution in [2.24, 2.45) is 5.92 Å². The zero-order chi connectivity index (χ0) is 24.0. The molecule has 0 spiro atoms. The van der Waals surface area contributed by atoms with E-state index in [4.69, 9.17) is 4.74 Å². The fourth-order valence-corrected chi connectivity index (χ4v) is 4.80. The number of halogens is 1. The molecule has 0 radical (unpaired) electrons. The Morgan fingerprint density at radius 3 is 2.58 bits per heavy atom. The molecule has 7 nitrogen and oxygen atoms in total. The number of rotatable bonds is 7. The number of thioether (sulfide) groups is 1. The number of carbonyl (C=O) groups is 3. The van der Waals surface area contributed by atoms with Crippen molar-refractivity contribution < 1.29 is 19.1 Å². The van der Waals surface area contributed by atoms with E-state index >= 15 is 0 Å². The summed E-state index contributed by atoms with van der Waals surface area (Å²) in [6.45, 7) is 2.05. The van der Waals surface area contributed by atoms with Crippen LogP contribution in [0.3, 0.4) is 0 Å². The maximum atomic E-state index is 12.9. The average molecular weight is 528 g/mol. The van der Waals surface area contributed by atoms with Crippen LogP contribution in [0, 0.1) is 17.2 Å². The van der Waals surface area contributed by atoms with Crippen LogP contribution in [0.4, 0.5) is 5.69 Å². The molecular weight excluding hydrogens is 506 g/mol. The van der Waals surface area contributed by atoms with Crippen molar-refractivity contribution in [1.29, 1.82) is 5.26 Å². The molecule has 0 unspecified atom stereocenters. The number of methoxy groups -OCH3 is 1. The summed E-state index contributed by atoms with van der Waals surface area (Å²) in [5.74, 6) is -3.66. The van der Waals surface area contributed by atoms with Crippen molar-refractivity contribution in [3.8, 4) is 6.07 Å². The Labute approximate surface area is 204 Å². The maximum absolute atomic E-state index is 12.9. The summed E-state index contributed by atoms with van der Waals surface area (Å²) < 4.78 is 5.58. The molecule has 1 heterocycles. The summed E-state index contributed by atoms with van der Waals surface area (Å²) in [5.41, 5.74) is 2.64. The summed E-state index contributed by atoms with van der Waals surface area (Å²) in [6, 6.07) is 16.7. The number of nitrogens with zero attached hydrogens (tertiary/aromatic N) is 1. The summed E-state index contributed by atoms with van der Waals surface area (Å²) in [4.78, 5) is 37.8. The Bertz CT molecular complexity index is 1140. The second-order valence-electron chi connectivity index (χ2n) is 7.26. The molecule has 3 rings (SSSR count). The van der Waals surface area contributed by atoms with Crippen LogP contribution in [-0.2, 0) is 25.5 Å². The zero-order valence-corrected chi connectivity index (χ0v) is 20.5. The molecule has 0 aliphatic carbocycles. The van der Waals surface area contributed by atoms with Gasteiger partial charge in [0.05, 0.1) is 29.5 Å². The van der Waals surface area contributed by atoms with Gasteiger partial charge in [-0.05, 0) is 41.8 Å². The third-order valence-corrected chi connectivity index (χ3v) is 6.70. The Morgan fingerprint density at radius 1 is 1.24 bits per heavy atom. The van der Waals surface area contributed by atoms with Crippen molar-refractivity contribution in [1.82, 2.24) is 5.32 Å². The molecule has 0 aromatic heterocycles. The predicted octanol–water partition coefficient (Wildman–Crippen LogP) is 4.12. The van der Waals surface area contributed by atoms with Gasteiger partial charge in [-0.1, -0.05) is 58.9 Å². The van der Waals surface area contributed by atoms with Crippen LogP contribution in [0.25, 0.3) is 0 Å². The number of nitrogens with one attached hydrogen (secondary N) is 2. The van der Waals surface area contributed by atoms with E-state index in [2.05, 4.69) is 39.6 Å². The number of allylic oxidation sites excluding steroid dienone is 1. The van der Waals surface area contributed by atoms with Gasteiger partial charge in [0.2, 0.25) is 11.8 Å². The van der Waals surface area contributed by atoms with E-state index in [-0.39, 0.29) is 22.3 Å². The second-order valence-corrected chi connectivity index (χ2v) is 9.17. The van der Waals surface area contributed by atoms with Gasteiger partial charge < -0.3 is 15.4 Å². The van der Waals surface area contributed by atoms with Gasteiger partial charge in [0.15, 0.2) is 0 Å². The normalized spacial score (nSPS) is 17.7. The number of amides is 2. The third-order valence-electron chi connectivity index (χ3n) is 5.19. The number of nitriles is 1. The lowest BCUT2D eigenvalue weighted by molar-refractivity contribution is -0.150. The van der Waals surface area contributed by atoms with Gasteiger partial charge in [0.25, 0.3) is 0 Å². The van der Waals surface area contributed by atoms with Crippen molar-refractivity contribution in [3.05, 3.63) is 74.7 Å². The Morgan fingerprint density at radius 2 is 1.97 bits per heavy atom. The molecule has 2 aromatic carbocycles. The second kappa shape index (κ2) is 11.2. The van der Waals surface area contributed by atoms with E-state index in [9.17, 15) is 19.6 Å². The molecule has 0 saturated heterocycles. The first kappa shape index (κ1) is 24.6. The quantitative estimate of drug-likeness (QED) is 0.414. The van der Waals surface area contributed by atoms with Crippen LogP contribution >= 0.6 is 27.7 Å². The molecule has 2 amide bonds. The van der Waals surface area contributed by atoms with E-state index in [0.29, 0.717) is 11.3 Å². The number of aryl methyl sites for hydroxylation is 1. The highest BCUT2D eigenvalue weighted by Crippen LogP contribution is 2.40.